The van der Waals surface area contributed by atoms with Crippen molar-refractivity contribution in [1.29, 1.82) is 0 Å². The monoisotopic (exact) mass is 264 g/mol. The van der Waals surface area contributed by atoms with Gasteiger partial charge < -0.3 is 5.11 Å². The topological polar surface area (TPSA) is 55.1 Å². The lowest BCUT2D eigenvalue weighted by Gasteiger charge is -2.10. The summed E-state index contributed by atoms with van der Waals surface area (Å²) in [5.41, 5.74) is 1.40. The van der Waals surface area contributed by atoms with Crippen LogP contribution in [0.3, 0.4) is 0 Å². The second-order valence-electron chi connectivity index (χ2n) is 4.26. The molecule has 2 aromatic rings. The summed E-state index contributed by atoms with van der Waals surface area (Å²) >= 11 is 6.11. The molecule has 1 heterocycles. The van der Waals surface area contributed by atoms with E-state index in [1.54, 1.807) is 4.68 Å². The number of para-hydroxylation sites is 1. The van der Waals surface area contributed by atoms with Crippen molar-refractivity contribution in [2.45, 2.75) is 19.8 Å². The molecular formula is C13H13ClN2O2. The molecule has 0 radical (unpaired) electrons. The van der Waals surface area contributed by atoms with Crippen molar-refractivity contribution in [3.8, 4) is 5.69 Å². The van der Waals surface area contributed by atoms with E-state index in [-0.39, 0.29) is 16.6 Å². The van der Waals surface area contributed by atoms with Crippen molar-refractivity contribution < 1.29 is 9.90 Å². The van der Waals surface area contributed by atoms with Crippen LogP contribution in [-0.4, -0.2) is 20.9 Å². The smallest absolute Gasteiger partial charge is 0.358 e. The highest BCUT2D eigenvalue weighted by atomic mass is 35.5. The van der Waals surface area contributed by atoms with Gasteiger partial charge in [0.25, 0.3) is 0 Å². The van der Waals surface area contributed by atoms with E-state index in [0.717, 1.165) is 5.69 Å². The molecule has 94 valence electrons. The molecule has 5 heteroatoms. The van der Waals surface area contributed by atoms with Crippen molar-refractivity contribution in [2.24, 2.45) is 0 Å². The van der Waals surface area contributed by atoms with Gasteiger partial charge in [-0.25, -0.2) is 9.48 Å². The molecule has 0 saturated heterocycles. The minimum Gasteiger partial charge on any atom is -0.476 e. The number of benzene rings is 1. The van der Waals surface area contributed by atoms with Crippen molar-refractivity contribution in [3.63, 3.8) is 0 Å². The molecule has 4 nitrogen and oxygen atoms in total. The Balaban J connectivity index is 2.67. The van der Waals surface area contributed by atoms with Crippen LogP contribution in [0.15, 0.2) is 30.3 Å². The number of carboxylic acid groups (broad SMARTS) is 1. The molecule has 0 unspecified atom stereocenters. The van der Waals surface area contributed by atoms with Crippen LogP contribution in [0.5, 0.6) is 0 Å². The van der Waals surface area contributed by atoms with Crippen molar-refractivity contribution in [2.75, 3.05) is 0 Å². The summed E-state index contributed by atoms with van der Waals surface area (Å²) in [6.45, 7) is 3.90. The number of hydrogen-bond donors (Lipinski definition) is 1. The Morgan fingerprint density at radius 1 is 1.33 bits per heavy atom. The van der Waals surface area contributed by atoms with Crippen LogP contribution < -0.4 is 0 Å². The van der Waals surface area contributed by atoms with Gasteiger partial charge in [0.2, 0.25) is 0 Å². The largest absolute Gasteiger partial charge is 0.476 e. The highest BCUT2D eigenvalue weighted by Crippen LogP contribution is 2.29. The highest BCUT2D eigenvalue weighted by molar-refractivity contribution is 6.34. The van der Waals surface area contributed by atoms with Crippen LogP contribution in [0.2, 0.25) is 5.02 Å². The summed E-state index contributed by atoms with van der Waals surface area (Å²) in [7, 11) is 0. The fourth-order valence-electron chi connectivity index (χ4n) is 1.81. The molecule has 0 aliphatic heterocycles. The molecule has 1 aromatic carbocycles. The fraction of sp³-hybridized carbons (Fsp3) is 0.231. The van der Waals surface area contributed by atoms with E-state index in [1.807, 2.05) is 44.2 Å². The quantitative estimate of drug-likeness (QED) is 0.925. The number of halogens is 1. The zero-order valence-corrected chi connectivity index (χ0v) is 10.8. The predicted octanol–water partition coefficient (Wildman–Crippen LogP) is 3.35. The standard InChI is InChI=1S/C13H13ClN2O2/c1-8(2)12-10(14)11(13(17)18)15-16(12)9-6-4-3-5-7-9/h3-8H,1-2H3,(H,17,18). The molecule has 0 fully saturated rings. The molecule has 0 aliphatic carbocycles. The zero-order valence-electron chi connectivity index (χ0n) is 10.1. The third-order valence-electron chi connectivity index (χ3n) is 2.61. The van der Waals surface area contributed by atoms with E-state index in [2.05, 4.69) is 5.10 Å². The fourth-order valence-corrected chi connectivity index (χ4v) is 2.23. The Morgan fingerprint density at radius 3 is 2.44 bits per heavy atom. The Hall–Kier alpha value is -1.81. The molecule has 0 aliphatic rings. The molecule has 0 saturated carbocycles. The minimum atomic E-state index is -1.11. The van der Waals surface area contributed by atoms with Gasteiger partial charge in [0, 0.05) is 0 Å². The summed E-state index contributed by atoms with van der Waals surface area (Å²) in [6.07, 6.45) is 0. The lowest BCUT2D eigenvalue weighted by atomic mass is 10.1. The van der Waals surface area contributed by atoms with E-state index >= 15 is 0 Å². The molecule has 1 N–H and O–H groups in total. The van der Waals surface area contributed by atoms with E-state index in [9.17, 15) is 4.79 Å². The first kappa shape index (κ1) is 12.6. The van der Waals surface area contributed by atoms with Crippen molar-refractivity contribution in [1.82, 2.24) is 9.78 Å². The Labute approximate surface area is 110 Å². The van der Waals surface area contributed by atoms with Crippen molar-refractivity contribution in [3.05, 3.63) is 46.7 Å². The number of nitrogens with zero attached hydrogens (tertiary/aromatic N) is 2. The first-order chi connectivity index (χ1) is 8.52. The summed E-state index contributed by atoms with van der Waals surface area (Å²) in [5, 5.41) is 13.4. The number of carboxylic acids is 1. The molecule has 18 heavy (non-hydrogen) atoms. The SMILES string of the molecule is CC(C)c1c(Cl)c(C(=O)O)nn1-c1ccccc1. The molecule has 0 amide bonds. The van der Waals surface area contributed by atoms with Gasteiger partial charge in [-0.2, -0.15) is 5.10 Å². The molecule has 2 rings (SSSR count). The average Bonchev–Trinajstić information content (AvgIpc) is 2.68. The zero-order chi connectivity index (χ0) is 13.3. The predicted molar refractivity (Wildman–Crippen MR) is 69.6 cm³/mol. The maximum absolute atomic E-state index is 11.1. The first-order valence-corrected chi connectivity index (χ1v) is 5.97. The van der Waals surface area contributed by atoms with Gasteiger partial charge in [-0.05, 0) is 18.1 Å². The molecule has 0 atom stereocenters. The first-order valence-electron chi connectivity index (χ1n) is 5.59. The maximum atomic E-state index is 11.1. The number of aromatic carboxylic acids is 1. The summed E-state index contributed by atoms with van der Waals surface area (Å²) in [5.74, 6) is -1.03. The summed E-state index contributed by atoms with van der Waals surface area (Å²) in [6, 6.07) is 9.36. The second kappa shape index (κ2) is 4.82. The number of aromatic nitrogens is 2. The third-order valence-corrected chi connectivity index (χ3v) is 2.98. The Morgan fingerprint density at radius 2 is 1.94 bits per heavy atom. The van der Waals surface area contributed by atoms with Gasteiger partial charge in [-0.15, -0.1) is 0 Å². The molecule has 0 spiro atoms. The van der Waals surface area contributed by atoms with Gasteiger partial charge in [0.1, 0.15) is 0 Å². The molecule has 1 aromatic heterocycles. The van der Waals surface area contributed by atoms with Crippen LogP contribution in [0.25, 0.3) is 5.69 Å². The third kappa shape index (κ3) is 2.11. The second-order valence-corrected chi connectivity index (χ2v) is 4.63. The van der Waals surface area contributed by atoms with E-state index in [0.29, 0.717) is 5.69 Å². The van der Waals surface area contributed by atoms with Gasteiger partial charge in [-0.3, -0.25) is 0 Å². The van der Waals surface area contributed by atoms with E-state index in [1.165, 1.54) is 0 Å². The normalized spacial score (nSPS) is 10.9. The lowest BCUT2D eigenvalue weighted by molar-refractivity contribution is 0.0690. The molecule has 0 bridgehead atoms. The summed E-state index contributed by atoms with van der Waals surface area (Å²) < 4.78 is 1.59. The van der Waals surface area contributed by atoms with Crippen LogP contribution in [-0.2, 0) is 0 Å². The number of rotatable bonds is 3. The molecular weight excluding hydrogens is 252 g/mol. The lowest BCUT2D eigenvalue weighted by Crippen LogP contribution is -2.04. The summed E-state index contributed by atoms with van der Waals surface area (Å²) in [4.78, 5) is 11.1. The van der Waals surface area contributed by atoms with Crippen LogP contribution in [0.4, 0.5) is 0 Å². The number of carbonyl (C=O) groups is 1. The Bertz CT molecular complexity index is 576. The maximum Gasteiger partial charge on any atom is 0.358 e. The van der Waals surface area contributed by atoms with E-state index in [4.69, 9.17) is 16.7 Å². The van der Waals surface area contributed by atoms with Crippen LogP contribution in [0, 0.1) is 0 Å². The highest BCUT2D eigenvalue weighted by Gasteiger charge is 2.23. The van der Waals surface area contributed by atoms with E-state index < -0.39 is 5.97 Å². The van der Waals surface area contributed by atoms with Gasteiger partial charge in [0.05, 0.1) is 16.4 Å². The Kier molecular flexibility index (Phi) is 3.39. The van der Waals surface area contributed by atoms with Crippen LogP contribution >= 0.6 is 11.6 Å². The van der Waals surface area contributed by atoms with Crippen LogP contribution in [0.1, 0.15) is 35.9 Å². The van der Waals surface area contributed by atoms with Gasteiger partial charge in [-0.1, -0.05) is 43.6 Å². The van der Waals surface area contributed by atoms with Gasteiger partial charge in [0.15, 0.2) is 5.69 Å². The minimum absolute atomic E-state index is 0.0818. The number of hydrogen-bond acceptors (Lipinski definition) is 2. The van der Waals surface area contributed by atoms with Crippen molar-refractivity contribution >= 4 is 17.6 Å². The average molecular weight is 265 g/mol. The van der Waals surface area contributed by atoms with Gasteiger partial charge >= 0.3 is 5.97 Å².